The van der Waals surface area contributed by atoms with Crippen LogP contribution in [0.15, 0.2) is 54.7 Å². The summed E-state index contributed by atoms with van der Waals surface area (Å²) in [6.07, 6.45) is 2.09. The van der Waals surface area contributed by atoms with Gasteiger partial charge in [-0.1, -0.05) is 18.2 Å². The van der Waals surface area contributed by atoms with Crippen LogP contribution in [0.3, 0.4) is 0 Å². The predicted molar refractivity (Wildman–Crippen MR) is 125 cm³/mol. The first kappa shape index (κ1) is 22.1. The molecular weight excluding hydrogens is 422 g/mol. The Balaban J connectivity index is 1.59. The summed E-state index contributed by atoms with van der Waals surface area (Å²) in [5.41, 5.74) is 3.79. The van der Waals surface area contributed by atoms with Gasteiger partial charge in [0, 0.05) is 29.3 Å². The Labute approximate surface area is 191 Å². The average Bonchev–Trinajstić information content (AvgIpc) is 3.07. The molecule has 0 saturated heterocycles. The molecule has 0 atom stereocenters. The van der Waals surface area contributed by atoms with E-state index in [9.17, 15) is 14.4 Å². The Hall–Kier alpha value is -4.07. The predicted octanol–water partition coefficient (Wildman–Crippen LogP) is 4.34. The summed E-state index contributed by atoms with van der Waals surface area (Å²) in [6, 6.07) is 13.9. The molecule has 8 nitrogen and oxygen atoms in total. The van der Waals surface area contributed by atoms with Gasteiger partial charge in [0.2, 0.25) is 0 Å². The highest BCUT2D eigenvalue weighted by atomic mass is 16.5. The molecule has 2 heterocycles. The van der Waals surface area contributed by atoms with Gasteiger partial charge in [-0.25, -0.2) is 14.4 Å². The highest BCUT2D eigenvalue weighted by Crippen LogP contribution is 2.31. The number of urea groups is 1. The zero-order valence-corrected chi connectivity index (χ0v) is 18.5. The van der Waals surface area contributed by atoms with Crippen LogP contribution >= 0.6 is 0 Å². The van der Waals surface area contributed by atoms with Crippen molar-refractivity contribution in [1.82, 2.24) is 9.88 Å². The number of nitrogens with zero attached hydrogens (tertiary/aromatic N) is 1. The molecule has 0 aliphatic carbocycles. The summed E-state index contributed by atoms with van der Waals surface area (Å²) in [4.78, 5) is 42.4. The smallest absolute Gasteiger partial charge is 0.341 e. The van der Waals surface area contributed by atoms with E-state index in [-0.39, 0.29) is 6.61 Å². The molecule has 0 spiro atoms. The maximum Gasteiger partial charge on any atom is 0.341 e. The maximum atomic E-state index is 13.0. The van der Waals surface area contributed by atoms with Gasteiger partial charge in [-0.15, -0.1) is 0 Å². The van der Waals surface area contributed by atoms with E-state index < -0.39 is 18.0 Å². The van der Waals surface area contributed by atoms with Gasteiger partial charge >= 0.3 is 18.0 Å². The Morgan fingerprint density at radius 3 is 2.39 bits per heavy atom. The topological polar surface area (TPSA) is 101 Å². The molecule has 0 saturated carbocycles. The number of anilines is 1. The standard InChI is InChI=1S/C25H25N3O5/c1-3-32-23(29)16-9-11-17(12-10-16)26-25(31)28-14-13-19-18-7-5-6-8-21(18)27-22(19)20(15-28)24(30)33-4-2/h5-12,15,27H,3-4,13-14H2,1-2H3,(H,26,31). The fourth-order valence-electron chi connectivity index (χ4n) is 3.83. The summed E-state index contributed by atoms with van der Waals surface area (Å²) in [5, 5.41) is 3.83. The summed E-state index contributed by atoms with van der Waals surface area (Å²) >= 11 is 0. The molecule has 0 radical (unpaired) electrons. The van der Waals surface area contributed by atoms with Crippen molar-refractivity contribution in [3.8, 4) is 0 Å². The van der Waals surface area contributed by atoms with Gasteiger partial charge in [0.05, 0.1) is 30.0 Å². The van der Waals surface area contributed by atoms with Gasteiger partial charge in [-0.3, -0.25) is 4.90 Å². The van der Waals surface area contributed by atoms with Crippen molar-refractivity contribution in [2.24, 2.45) is 0 Å². The van der Waals surface area contributed by atoms with E-state index in [2.05, 4.69) is 10.3 Å². The summed E-state index contributed by atoms with van der Waals surface area (Å²) < 4.78 is 10.2. The highest BCUT2D eigenvalue weighted by Gasteiger charge is 2.27. The monoisotopic (exact) mass is 447 g/mol. The summed E-state index contributed by atoms with van der Waals surface area (Å²) in [7, 11) is 0. The lowest BCUT2D eigenvalue weighted by Gasteiger charge is -2.18. The lowest BCUT2D eigenvalue weighted by Crippen LogP contribution is -2.32. The Kier molecular flexibility index (Phi) is 6.44. The molecule has 4 rings (SSSR count). The van der Waals surface area contributed by atoms with Crippen LogP contribution in [-0.2, 0) is 20.7 Å². The zero-order valence-electron chi connectivity index (χ0n) is 18.5. The Morgan fingerprint density at radius 2 is 1.67 bits per heavy atom. The number of rotatable bonds is 5. The number of amides is 2. The van der Waals surface area contributed by atoms with Crippen molar-refractivity contribution >= 4 is 40.1 Å². The molecule has 2 amide bonds. The number of benzene rings is 2. The van der Waals surface area contributed by atoms with Gasteiger partial charge in [0.1, 0.15) is 0 Å². The minimum Gasteiger partial charge on any atom is -0.462 e. The fraction of sp³-hybridized carbons (Fsp3) is 0.240. The average molecular weight is 447 g/mol. The number of hydrogen-bond acceptors (Lipinski definition) is 5. The minimum absolute atomic E-state index is 0.227. The van der Waals surface area contributed by atoms with Crippen LogP contribution in [0, 0.1) is 0 Å². The van der Waals surface area contributed by atoms with Crippen LogP contribution in [0.25, 0.3) is 16.5 Å². The van der Waals surface area contributed by atoms with Gasteiger partial charge in [0.25, 0.3) is 0 Å². The zero-order chi connectivity index (χ0) is 23.4. The van der Waals surface area contributed by atoms with Gasteiger partial charge < -0.3 is 19.8 Å². The first-order valence-electron chi connectivity index (χ1n) is 10.9. The second kappa shape index (κ2) is 9.60. The van der Waals surface area contributed by atoms with Crippen LogP contribution in [-0.4, -0.2) is 47.6 Å². The maximum absolute atomic E-state index is 13.0. The lowest BCUT2D eigenvalue weighted by molar-refractivity contribution is -0.136. The van der Waals surface area contributed by atoms with Crippen LogP contribution in [0.4, 0.5) is 10.5 Å². The van der Waals surface area contributed by atoms with E-state index in [1.54, 1.807) is 38.1 Å². The summed E-state index contributed by atoms with van der Waals surface area (Å²) in [6.45, 7) is 4.38. The molecule has 3 aromatic rings. The van der Waals surface area contributed by atoms with Crippen molar-refractivity contribution in [2.75, 3.05) is 25.1 Å². The third-order valence-corrected chi connectivity index (χ3v) is 5.37. The number of fused-ring (bicyclic) bond motifs is 3. The van der Waals surface area contributed by atoms with Crippen molar-refractivity contribution in [3.63, 3.8) is 0 Å². The number of aromatic nitrogens is 1. The van der Waals surface area contributed by atoms with E-state index in [4.69, 9.17) is 9.47 Å². The van der Waals surface area contributed by atoms with E-state index in [1.807, 2.05) is 24.3 Å². The van der Waals surface area contributed by atoms with Crippen LogP contribution < -0.4 is 5.32 Å². The molecule has 1 aliphatic heterocycles. The van der Waals surface area contributed by atoms with Crippen LogP contribution in [0.2, 0.25) is 0 Å². The second-order valence-electron chi connectivity index (χ2n) is 7.46. The number of hydrogen-bond donors (Lipinski definition) is 2. The SMILES string of the molecule is CCOC(=O)C1=CN(C(=O)Nc2ccc(C(=O)OCC)cc2)CCc2c1[nH]c1ccccc21. The van der Waals surface area contributed by atoms with Gasteiger partial charge in [-0.2, -0.15) is 0 Å². The Morgan fingerprint density at radius 1 is 0.970 bits per heavy atom. The second-order valence-corrected chi connectivity index (χ2v) is 7.46. The number of para-hydroxylation sites is 1. The third kappa shape index (κ3) is 4.59. The number of nitrogens with one attached hydrogen (secondary N) is 2. The molecule has 0 bridgehead atoms. The van der Waals surface area contributed by atoms with Crippen molar-refractivity contribution < 1.29 is 23.9 Å². The van der Waals surface area contributed by atoms with E-state index in [1.165, 1.54) is 11.1 Å². The first-order chi connectivity index (χ1) is 16.0. The van der Waals surface area contributed by atoms with Crippen LogP contribution in [0.5, 0.6) is 0 Å². The van der Waals surface area contributed by atoms with Crippen molar-refractivity contribution in [3.05, 3.63) is 71.6 Å². The third-order valence-electron chi connectivity index (χ3n) is 5.37. The molecular formula is C25H25N3O5. The number of aromatic amines is 1. The summed E-state index contributed by atoms with van der Waals surface area (Å²) in [5.74, 6) is -0.915. The largest absolute Gasteiger partial charge is 0.462 e. The molecule has 8 heteroatoms. The van der Waals surface area contributed by atoms with Crippen molar-refractivity contribution in [1.29, 1.82) is 0 Å². The quantitative estimate of drug-likeness (QED) is 0.567. The number of carbonyl (C=O) groups is 3. The molecule has 2 aromatic carbocycles. The minimum atomic E-state index is -0.496. The normalized spacial score (nSPS) is 13.0. The molecule has 1 aromatic heterocycles. The van der Waals surface area contributed by atoms with E-state index in [0.29, 0.717) is 42.1 Å². The van der Waals surface area contributed by atoms with E-state index in [0.717, 1.165) is 16.5 Å². The lowest BCUT2D eigenvalue weighted by atomic mass is 10.0. The highest BCUT2D eigenvalue weighted by molar-refractivity contribution is 6.18. The molecule has 170 valence electrons. The molecule has 0 fully saturated rings. The Bertz CT molecular complexity index is 1230. The number of H-pyrrole nitrogens is 1. The van der Waals surface area contributed by atoms with E-state index >= 15 is 0 Å². The molecule has 1 aliphatic rings. The number of ether oxygens (including phenoxy) is 2. The molecule has 33 heavy (non-hydrogen) atoms. The molecule has 2 N–H and O–H groups in total. The number of carbonyl (C=O) groups excluding carboxylic acids is 3. The van der Waals surface area contributed by atoms with Crippen LogP contribution in [0.1, 0.15) is 35.5 Å². The van der Waals surface area contributed by atoms with Crippen molar-refractivity contribution in [2.45, 2.75) is 20.3 Å². The number of esters is 2. The fourth-order valence-corrected chi connectivity index (χ4v) is 3.83. The molecule has 0 unspecified atom stereocenters. The first-order valence-corrected chi connectivity index (χ1v) is 10.9. The van der Waals surface area contributed by atoms with Gasteiger partial charge in [-0.05, 0) is 56.2 Å². The van der Waals surface area contributed by atoms with Gasteiger partial charge in [0.15, 0.2) is 0 Å².